The van der Waals surface area contributed by atoms with Gasteiger partial charge in [-0.3, -0.25) is 9.59 Å². The molecule has 0 bridgehead atoms. The molecule has 1 atom stereocenters. The number of halogens is 1. The number of hydrogen-bond acceptors (Lipinski definition) is 5. The van der Waals surface area contributed by atoms with Crippen LogP contribution in [0.15, 0.2) is 61.3 Å². The van der Waals surface area contributed by atoms with Crippen LogP contribution in [-0.4, -0.2) is 45.8 Å². The van der Waals surface area contributed by atoms with Crippen molar-refractivity contribution in [2.24, 2.45) is 0 Å². The summed E-state index contributed by atoms with van der Waals surface area (Å²) in [5.74, 6) is 0.0842. The third-order valence-electron chi connectivity index (χ3n) is 4.96. The van der Waals surface area contributed by atoms with Crippen LogP contribution in [-0.2, 0) is 4.79 Å². The van der Waals surface area contributed by atoms with E-state index >= 15 is 0 Å². The summed E-state index contributed by atoms with van der Waals surface area (Å²) in [5, 5.41) is 7.21. The first-order chi connectivity index (χ1) is 14.5. The molecule has 1 aliphatic heterocycles. The van der Waals surface area contributed by atoms with Crippen LogP contribution in [0.4, 0.5) is 11.6 Å². The lowest BCUT2D eigenvalue weighted by Crippen LogP contribution is -2.31. The number of aromatic nitrogens is 2. The summed E-state index contributed by atoms with van der Waals surface area (Å²) < 4.78 is 0. The smallest absolute Gasteiger partial charge is 0.253 e. The van der Waals surface area contributed by atoms with E-state index < -0.39 is 0 Å². The van der Waals surface area contributed by atoms with Gasteiger partial charge in [0.15, 0.2) is 0 Å². The molecular formula is C22H20ClN5O2. The standard InChI is InChI=1S/C22H20ClN5O2/c1-2-20(29)26-19-8-7-14(11-17(19)23)21(30)28-10-9-16(13-28)25-22-24-12-15-5-3-4-6-18(15)27-22/h2-8,11-12,16H,1,9-10,13H2,(H,26,29)(H,24,25,27). The van der Waals surface area contributed by atoms with Gasteiger partial charge in [-0.15, -0.1) is 0 Å². The largest absolute Gasteiger partial charge is 0.350 e. The van der Waals surface area contributed by atoms with Gasteiger partial charge in [-0.25, -0.2) is 9.97 Å². The lowest BCUT2D eigenvalue weighted by Gasteiger charge is -2.18. The molecule has 0 aliphatic carbocycles. The van der Waals surface area contributed by atoms with Crippen molar-refractivity contribution in [3.8, 4) is 0 Å². The minimum absolute atomic E-state index is 0.0664. The van der Waals surface area contributed by atoms with E-state index in [-0.39, 0.29) is 17.9 Å². The van der Waals surface area contributed by atoms with Gasteiger partial charge in [0.2, 0.25) is 11.9 Å². The third kappa shape index (κ3) is 4.26. The van der Waals surface area contributed by atoms with Gasteiger partial charge in [0, 0.05) is 36.3 Å². The molecule has 1 aliphatic rings. The second kappa shape index (κ2) is 8.51. The van der Waals surface area contributed by atoms with Crippen LogP contribution in [0.1, 0.15) is 16.8 Å². The summed E-state index contributed by atoms with van der Waals surface area (Å²) >= 11 is 6.22. The summed E-state index contributed by atoms with van der Waals surface area (Å²) in [6, 6.07) is 12.7. The number of hydrogen-bond donors (Lipinski definition) is 2. The second-order valence-corrected chi connectivity index (χ2v) is 7.43. The summed E-state index contributed by atoms with van der Waals surface area (Å²) in [5.41, 5.74) is 1.78. The Balaban J connectivity index is 1.41. The number of nitrogens with zero attached hydrogens (tertiary/aromatic N) is 3. The van der Waals surface area contributed by atoms with Crippen molar-refractivity contribution in [3.63, 3.8) is 0 Å². The number of likely N-dealkylation sites (tertiary alicyclic amines) is 1. The minimum atomic E-state index is -0.361. The van der Waals surface area contributed by atoms with Crippen LogP contribution in [0.25, 0.3) is 10.9 Å². The predicted octanol–water partition coefficient (Wildman–Crippen LogP) is 3.73. The van der Waals surface area contributed by atoms with Gasteiger partial charge in [0.1, 0.15) is 0 Å². The van der Waals surface area contributed by atoms with Crippen molar-refractivity contribution < 1.29 is 9.59 Å². The molecule has 1 aromatic heterocycles. The fourth-order valence-corrected chi connectivity index (χ4v) is 3.63. The highest BCUT2D eigenvalue weighted by Gasteiger charge is 2.27. The molecule has 152 valence electrons. The first-order valence-corrected chi connectivity index (χ1v) is 9.92. The second-order valence-electron chi connectivity index (χ2n) is 7.02. The van der Waals surface area contributed by atoms with E-state index in [2.05, 4.69) is 27.2 Å². The highest BCUT2D eigenvalue weighted by atomic mass is 35.5. The monoisotopic (exact) mass is 421 g/mol. The maximum absolute atomic E-state index is 12.9. The number of amides is 2. The van der Waals surface area contributed by atoms with Crippen molar-refractivity contribution in [2.45, 2.75) is 12.5 Å². The van der Waals surface area contributed by atoms with Crippen molar-refractivity contribution in [1.82, 2.24) is 14.9 Å². The predicted molar refractivity (Wildman–Crippen MR) is 118 cm³/mol. The van der Waals surface area contributed by atoms with Crippen LogP contribution >= 0.6 is 11.6 Å². The quantitative estimate of drug-likeness (QED) is 0.613. The number of carbonyl (C=O) groups excluding carboxylic acids is 2. The van der Waals surface area contributed by atoms with Crippen LogP contribution in [0, 0.1) is 0 Å². The van der Waals surface area contributed by atoms with Gasteiger partial charge in [0.25, 0.3) is 5.91 Å². The highest BCUT2D eigenvalue weighted by molar-refractivity contribution is 6.34. The molecule has 8 heteroatoms. The average molecular weight is 422 g/mol. The highest BCUT2D eigenvalue weighted by Crippen LogP contribution is 2.25. The van der Waals surface area contributed by atoms with Gasteiger partial charge < -0.3 is 15.5 Å². The first kappa shape index (κ1) is 19.8. The van der Waals surface area contributed by atoms with Gasteiger partial charge in [-0.2, -0.15) is 0 Å². The van der Waals surface area contributed by atoms with Crippen LogP contribution in [0.2, 0.25) is 5.02 Å². The molecule has 2 amide bonds. The number of rotatable bonds is 5. The summed E-state index contributed by atoms with van der Waals surface area (Å²) in [6.07, 6.45) is 3.74. The van der Waals surface area contributed by atoms with Crippen molar-refractivity contribution >= 4 is 46.0 Å². The Labute approximate surface area is 178 Å². The van der Waals surface area contributed by atoms with E-state index in [1.54, 1.807) is 29.3 Å². The molecule has 30 heavy (non-hydrogen) atoms. The van der Waals surface area contributed by atoms with Crippen LogP contribution in [0.5, 0.6) is 0 Å². The van der Waals surface area contributed by atoms with Crippen molar-refractivity contribution in [2.75, 3.05) is 23.7 Å². The molecule has 2 aromatic carbocycles. The number of carbonyl (C=O) groups is 2. The zero-order valence-electron chi connectivity index (χ0n) is 16.1. The minimum Gasteiger partial charge on any atom is -0.350 e. The Morgan fingerprint density at radius 3 is 2.87 bits per heavy atom. The third-order valence-corrected chi connectivity index (χ3v) is 5.27. The summed E-state index contributed by atoms with van der Waals surface area (Å²) in [6.45, 7) is 4.57. The average Bonchev–Trinajstić information content (AvgIpc) is 3.22. The van der Waals surface area contributed by atoms with Crippen LogP contribution < -0.4 is 10.6 Å². The van der Waals surface area contributed by atoms with E-state index in [4.69, 9.17) is 11.6 Å². The maximum atomic E-state index is 12.9. The molecule has 2 heterocycles. The molecule has 1 fully saturated rings. The normalized spacial score (nSPS) is 15.8. The Morgan fingerprint density at radius 2 is 2.07 bits per heavy atom. The Bertz CT molecular complexity index is 1130. The van der Waals surface area contributed by atoms with Gasteiger partial charge in [-0.1, -0.05) is 36.4 Å². The number of fused-ring (bicyclic) bond motifs is 1. The van der Waals surface area contributed by atoms with Crippen molar-refractivity contribution in [3.05, 3.63) is 71.9 Å². The lowest BCUT2D eigenvalue weighted by atomic mass is 10.2. The Hall–Kier alpha value is -3.45. The zero-order valence-corrected chi connectivity index (χ0v) is 16.9. The summed E-state index contributed by atoms with van der Waals surface area (Å²) in [4.78, 5) is 35.0. The number of nitrogens with one attached hydrogen (secondary N) is 2. The lowest BCUT2D eigenvalue weighted by molar-refractivity contribution is -0.111. The number of benzene rings is 2. The molecule has 4 rings (SSSR count). The molecule has 3 aromatic rings. The summed E-state index contributed by atoms with van der Waals surface area (Å²) in [7, 11) is 0. The van der Waals surface area contributed by atoms with E-state index in [9.17, 15) is 9.59 Å². The Morgan fingerprint density at radius 1 is 1.23 bits per heavy atom. The topological polar surface area (TPSA) is 87.2 Å². The molecule has 0 saturated carbocycles. The maximum Gasteiger partial charge on any atom is 0.253 e. The fraction of sp³-hybridized carbons (Fsp3) is 0.182. The van der Waals surface area contributed by atoms with Crippen LogP contribution in [0.3, 0.4) is 0 Å². The molecule has 1 unspecified atom stereocenters. The van der Waals surface area contributed by atoms with Gasteiger partial charge in [-0.05, 0) is 36.8 Å². The number of para-hydroxylation sites is 1. The fourth-order valence-electron chi connectivity index (χ4n) is 3.40. The molecule has 0 spiro atoms. The molecule has 1 saturated heterocycles. The van der Waals surface area contributed by atoms with E-state index in [0.29, 0.717) is 35.3 Å². The molecule has 0 radical (unpaired) electrons. The SMILES string of the molecule is C=CC(=O)Nc1ccc(C(=O)N2CCC(Nc3ncc4ccccc4n3)C2)cc1Cl. The van der Waals surface area contributed by atoms with E-state index in [1.165, 1.54) is 0 Å². The first-order valence-electron chi connectivity index (χ1n) is 9.54. The van der Waals surface area contributed by atoms with Crippen molar-refractivity contribution in [1.29, 1.82) is 0 Å². The molecule has 2 N–H and O–H groups in total. The number of anilines is 2. The van der Waals surface area contributed by atoms with Gasteiger partial charge in [0.05, 0.1) is 16.2 Å². The molecule has 7 nitrogen and oxygen atoms in total. The Kier molecular flexibility index (Phi) is 5.63. The molecular weight excluding hydrogens is 402 g/mol. The van der Waals surface area contributed by atoms with E-state index in [0.717, 1.165) is 23.4 Å². The van der Waals surface area contributed by atoms with Gasteiger partial charge >= 0.3 is 0 Å². The zero-order chi connectivity index (χ0) is 21.1. The van der Waals surface area contributed by atoms with E-state index in [1.807, 2.05) is 24.3 Å².